The fourth-order valence-electron chi connectivity index (χ4n) is 3.43. The zero-order valence-corrected chi connectivity index (χ0v) is 18.1. The van der Waals surface area contributed by atoms with E-state index in [1.54, 1.807) is 24.3 Å². The minimum atomic E-state index is -4.87. The number of carbonyl (C=O) groups excluding carboxylic acids is 2. The first-order valence-electron chi connectivity index (χ1n) is 10.0. The summed E-state index contributed by atoms with van der Waals surface area (Å²) >= 11 is 0. The molecule has 0 aliphatic heterocycles. The second-order valence-electron chi connectivity index (χ2n) is 7.47. The van der Waals surface area contributed by atoms with Crippen molar-refractivity contribution in [2.75, 3.05) is 12.4 Å². The Morgan fingerprint density at radius 1 is 1.11 bits per heavy atom. The molecular formula is C23H17F4N5O3. The molecule has 2 heterocycles. The third-order valence-corrected chi connectivity index (χ3v) is 5.05. The smallest absolute Gasteiger partial charge is 0.437 e. The summed E-state index contributed by atoms with van der Waals surface area (Å²) in [6.07, 6.45) is -3.82. The van der Waals surface area contributed by atoms with Crippen LogP contribution in [-0.2, 0) is 12.7 Å². The first-order chi connectivity index (χ1) is 16.5. The van der Waals surface area contributed by atoms with E-state index >= 15 is 0 Å². The molecule has 2 amide bonds. The van der Waals surface area contributed by atoms with Gasteiger partial charge in [0.25, 0.3) is 11.8 Å². The van der Waals surface area contributed by atoms with E-state index < -0.39 is 35.2 Å². The highest BCUT2D eigenvalue weighted by atomic mass is 19.4. The molecule has 4 aromatic rings. The highest BCUT2D eigenvalue weighted by Crippen LogP contribution is 2.34. The Bertz CT molecular complexity index is 1430. The van der Waals surface area contributed by atoms with Crippen LogP contribution in [0.15, 0.2) is 54.7 Å². The Balaban J connectivity index is 1.70. The molecule has 4 rings (SSSR count). The van der Waals surface area contributed by atoms with Crippen molar-refractivity contribution < 1.29 is 31.9 Å². The molecule has 0 saturated heterocycles. The molecule has 180 valence electrons. The van der Waals surface area contributed by atoms with Crippen molar-refractivity contribution in [1.29, 1.82) is 0 Å². The van der Waals surface area contributed by atoms with E-state index in [9.17, 15) is 27.2 Å². The van der Waals surface area contributed by atoms with Crippen LogP contribution in [0.1, 0.15) is 32.1 Å². The summed E-state index contributed by atoms with van der Waals surface area (Å²) in [4.78, 5) is 28.5. The van der Waals surface area contributed by atoms with Gasteiger partial charge in [0.1, 0.15) is 17.3 Å². The Labute approximate surface area is 195 Å². The second kappa shape index (κ2) is 9.05. The van der Waals surface area contributed by atoms with Crippen LogP contribution < -0.4 is 15.8 Å². The number of carbonyl (C=O) groups is 2. The molecule has 0 fully saturated rings. The van der Waals surface area contributed by atoms with Crippen LogP contribution in [0, 0.1) is 5.82 Å². The lowest BCUT2D eigenvalue weighted by Gasteiger charge is -2.10. The van der Waals surface area contributed by atoms with Gasteiger partial charge in [-0.05, 0) is 35.9 Å². The maximum absolute atomic E-state index is 13.7. The number of nitrogens with one attached hydrogen (secondary N) is 1. The van der Waals surface area contributed by atoms with Crippen LogP contribution in [0.4, 0.5) is 23.2 Å². The largest absolute Gasteiger partial charge is 0.497 e. The molecule has 0 aliphatic carbocycles. The van der Waals surface area contributed by atoms with Crippen LogP contribution in [-0.4, -0.2) is 33.7 Å². The number of pyridine rings is 1. The number of ether oxygens (including phenoxy) is 1. The number of hydrogen-bond acceptors (Lipinski definition) is 5. The van der Waals surface area contributed by atoms with E-state index in [1.807, 2.05) is 0 Å². The number of halogens is 4. The molecular weight excluding hydrogens is 470 g/mol. The van der Waals surface area contributed by atoms with E-state index in [2.05, 4.69) is 15.4 Å². The molecule has 35 heavy (non-hydrogen) atoms. The summed E-state index contributed by atoms with van der Waals surface area (Å²) < 4.78 is 60.7. The van der Waals surface area contributed by atoms with Crippen molar-refractivity contribution in [1.82, 2.24) is 14.8 Å². The van der Waals surface area contributed by atoms with Crippen molar-refractivity contribution in [3.8, 4) is 5.75 Å². The summed E-state index contributed by atoms with van der Waals surface area (Å²) in [6.45, 7) is -0.00771. The number of hydrogen-bond donors (Lipinski definition) is 2. The standard InChI is InChI=1S/C23H17F4N5O3/c1-35-14-5-2-12(3-6-14)10-32-11-19(20(31-32)23(25,26)27)30-22(34)16-9-18(21(28)33)29-17-8-13(24)4-7-15(16)17/h2-9,11H,10H2,1H3,(H2,28,33)(H,30,34). The van der Waals surface area contributed by atoms with E-state index in [0.717, 1.165) is 29.1 Å². The van der Waals surface area contributed by atoms with Crippen LogP contribution in [0.5, 0.6) is 5.75 Å². The van der Waals surface area contributed by atoms with E-state index in [4.69, 9.17) is 10.5 Å². The van der Waals surface area contributed by atoms with Gasteiger partial charge in [0.2, 0.25) is 0 Å². The predicted molar refractivity (Wildman–Crippen MR) is 117 cm³/mol. The number of methoxy groups -OCH3 is 1. The van der Waals surface area contributed by atoms with Gasteiger partial charge < -0.3 is 15.8 Å². The molecule has 8 nitrogen and oxygen atoms in total. The Morgan fingerprint density at radius 3 is 2.46 bits per heavy atom. The van der Waals surface area contributed by atoms with Crippen molar-refractivity contribution >= 4 is 28.4 Å². The molecule has 0 unspecified atom stereocenters. The van der Waals surface area contributed by atoms with Crippen LogP contribution in [0.25, 0.3) is 10.9 Å². The van der Waals surface area contributed by atoms with Gasteiger partial charge in [-0.2, -0.15) is 18.3 Å². The number of alkyl halides is 3. The van der Waals surface area contributed by atoms with E-state index in [1.165, 1.54) is 13.2 Å². The van der Waals surface area contributed by atoms with Gasteiger partial charge >= 0.3 is 6.18 Å². The van der Waals surface area contributed by atoms with Gasteiger partial charge in [0.15, 0.2) is 5.69 Å². The summed E-state index contributed by atoms with van der Waals surface area (Å²) in [6, 6.07) is 10.9. The fourth-order valence-corrected chi connectivity index (χ4v) is 3.43. The molecule has 2 aromatic heterocycles. The Kier molecular flexibility index (Phi) is 6.12. The lowest BCUT2D eigenvalue weighted by molar-refractivity contribution is -0.140. The number of fused-ring (bicyclic) bond motifs is 1. The third kappa shape index (κ3) is 5.05. The lowest BCUT2D eigenvalue weighted by Crippen LogP contribution is -2.19. The average Bonchev–Trinajstić information content (AvgIpc) is 3.21. The number of anilines is 1. The minimum Gasteiger partial charge on any atom is -0.497 e. The fraction of sp³-hybridized carbons (Fsp3) is 0.130. The molecule has 0 atom stereocenters. The zero-order valence-electron chi connectivity index (χ0n) is 18.1. The molecule has 0 bridgehead atoms. The molecule has 12 heteroatoms. The van der Waals surface area contributed by atoms with Crippen LogP contribution >= 0.6 is 0 Å². The number of aromatic nitrogens is 3. The number of rotatable bonds is 6. The number of nitrogens with two attached hydrogens (primary N) is 1. The van der Waals surface area contributed by atoms with Crippen molar-refractivity contribution in [3.63, 3.8) is 0 Å². The molecule has 2 aromatic carbocycles. The molecule has 0 saturated carbocycles. The molecule has 3 N–H and O–H groups in total. The SMILES string of the molecule is COc1ccc(Cn2cc(NC(=O)c3cc(C(N)=O)nc4cc(F)ccc34)c(C(F)(F)F)n2)cc1. The first-order valence-corrected chi connectivity index (χ1v) is 10.0. The summed E-state index contributed by atoms with van der Waals surface area (Å²) in [5, 5.41) is 5.91. The number of primary amides is 1. The molecule has 0 radical (unpaired) electrons. The van der Waals surface area contributed by atoms with Gasteiger partial charge in [-0.3, -0.25) is 14.3 Å². The Morgan fingerprint density at radius 2 is 1.83 bits per heavy atom. The zero-order chi connectivity index (χ0) is 25.3. The number of amides is 2. The first kappa shape index (κ1) is 23.7. The van der Waals surface area contributed by atoms with Gasteiger partial charge in [-0.15, -0.1) is 0 Å². The summed E-state index contributed by atoms with van der Waals surface area (Å²) in [7, 11) is 1.49. The average molecular weight is 487 g/mol. The normalized spacial score (nSPS) is 11.5. The number of nitrogens with zero attached hydrogens (tertiary/aromatic N) is 3. The lowest BCUT2D eigenvalue weighted by atomic mass is 10.1. The Hall–Kier alpha value is -4.48. The minimum absolute atomic E-state index is 0.00771. The van der Waals surface area contributed by atoms with E-state index in [-0.39, 0.29) is 28.7 Å². The summed E-state index contributed by atoms with van der Waals surface area (Å²) in [5.41, 5.74) is 3.38. The third-order valence-electron chi connectivity index (χ3n) is 5.05. The monoisotopic (exact) mass is 487 g/mol. The predicted octanol–water partition coefficient (Wildman–Crippen LogP) is 4.00. The van der Waals surface area contributed by atoms with Gasteiger partial charge in [-0.1, -0.05) is 12.1 Å². The topological polar surface area (TPSA) is 112 Å². The highest BCUT2D eigenvalue weighted by Gasteiger charge is 2.38. The quantitative estimate of drug-likeness (QED) is 0.400. The van der Waals surface area contributed by atoms with Crippen molar-refractivity contribution in [2.45, 2.75) is 12.7 Å². The van der Waals surface area contributed by atoms with Crippen molar-refractivity contribution in [2.24, 2.45) is 5.73 Å². The summed E-state index contributed by atoms with van der Waals surface area (Å²) in [5.74, 6) is -2.08. The molecule has 0 aliphatic rings. The second-order valence-corrected chi connectivity index (χ2v) is 7.47. The number of benzene rings is 2. The van der Waals surface area contributed by atoms with Crippen LogP contribution in [0.2, 0.25) is 0 Å². The van der Waals surface area contributed by atoms with Gasteiger partial charge in [0.05, 0.1) is 30.4 Å². The van der Waals surface area contributed by atoms with Gasteiger partial charge in [0, 0.05) is 17.6 Å². The van der Waals surface area contributed by atoms with Gasteiger partial charge in [-0.25, -0.2) is 9.37 Å². The van der Waals surface area contributed by atoms with Crippen molar-refractivity contribution in [3.05, 3.63) is 83.1 Å². The van der Waals surface area contributed by atoms with E-state index in [0.29, 0.717) is 11.3 Å². The highest BCUT2D eigenvalue weighted by molar-refractivity contribution is 6.13. The maximum atomic E-state index is 13.7. The maximum Gasteiger partial charge on any atom is 0.437 e. The van der Waals surface area contributed by atoms with Crippen LogP contribution in [0.3, 0.4) is 0 Å². The molecule has 0 spiro atoms.